The van der Waals surface area contributed by atoms with Crippen LogP contribution in [0.3, 0.4) is 0 Å². The fraction of sp³-hybridized carbons (Fsp3) is 0.133. The van der Waals surface area contributed by atoms with Gasteiger partial charge in [0.05, 0.1) is 5.70 Å². The van der Waals surface area contributed by atoms with Crippen LogP contribution >= 0.6 is 0 Å². The molecule has 0 aromatic heterocycles. The summed E-state index contributed by atoms with van der Waals surface area (Å²) in [6.07, 6.45) is 4.83. The predicted molar refractivity (Wildman–Crippen MR) is 85.7 cm³/mol. The second-order valence-corrected chi connectivity index (χ2v) is 4.44. The number of hydrogen-bond donors (Lipinski definition) is 1. The zero-order chi connectivity index (χ0) is 15.4. The summed E-state index contributed by atoms with van der Waals surface area (Å²) < 4.78 is 0. The van der Waals surface area contributed by atoms with Crippen molar-refractivity contribution in [2.24, 2.45) is 15.8 Å². The Morgan fingerprint density at radius 1 is 1.52 bits per heavy atom. The van der Waals surface area contributed by atoms with Crippen LogP contribution in [0.15, 0.2) is 52.5 Å². The molecule has 1 aliphatic rings. The first-order chi connectivity index (χ1) is 10.1. The largest absolute Gasteiger partial charge is 0.402 e. The number of hydrazone groups is 1. The van der Waals surface area contributed by atoms with Crippen molar-refractivity contribution < 1.29 is 4.79 Å². The predicted octanol–water partition coefficient (Wildman–Crippen LogP) is 1.77. The van der Waals surface area contributed by atoms with Crippen molar-refractivity contribution in [3.63, 3.8) is 0 Å². The van der Waals surface area contributed by atoms with Crippen molar-refractivity contribution in [3.8, 4) is 0 Å². The third-order valence-electron chi connectivity index (χ3n) is 3.18. The molecular formula is C15H17N5O. The van der Waals surface area contributed by atoms with E-state index in [0.29, 0.717) is 5.82 Å². The molecule has 0 spiro atoms. The fourth-order valence-electron chi connectivity index (χ4n) is 1.97. The van der Waals surface area contributed by atoms with E-state index in [-0.39, 0.29) is 5.91 Å². The van der Waals surface area contributed by atoms with Gasteiger partial charge in [-0.15, -0.1) is 0 Å². The molecule has 0 saturated carbocycles. The molecule has 1 aromatic carbocycles. The lowest BCUT2D eigenvalue weighted by molar-refractivity contribution is -0.116. The molecule has 1 heterocycles. The Balaban J connectivity index is 2.44. The lowest BCUT2D eigenvalue weighted by atomic mass is 10.1. The highest BCUT2D eigenvalue weighted by Crippen LogP contribution is 2.28. The average molecular weight is 283 g/mol. The number of nitrogens with two attached hydrogens (primary N) is 1. The number of carbonyl (C=O) groups is 1. The van der Waals surface area contributed by atoms with Crippen molar-refractivity contribution in [1.29, 1.82) is 0 Å². The molecule has 2 rings (SSSR count). The molecule has 1 aromatic rings. The fourth-order valence-corrected chi connectivity index (χ4v) is 1.97. The number of nitrogens with zero attached hydrogens (tertiary/aromatic N) is 4. The van der Waals surface area contributed by atoms with E-state index in [2.05, 4.69) is 16.8 Å². The van der Waals surface area contributed by atoms with Crippen molar-refractivity contribution in [2.45, 2.75) is 6.92 Å². The lowest BCUT2D eigenvalue weighted by Crippen LogP contribution is -2.23. The highest BCUT2D eigenvalue weighted by atomic mass is 16.2. The summed E-state index contributed by atoms with van der Waals surface area (Å²) in [5.74, 6) is 0.459. The Hall–Kier alpha value is -2.89. The van der Waals surface area contributed by atoms with Crippen molar-refractivity contribution in [2.75, 3.05) is 11.9 Å². The molecule has 0 bridgehead atoms. The van der Waals surface area contributed by atoms with Gasteiger partial charge in [0.15, 0.2) is 5.82 Å². The number of hydrogen-bond acceptors (Lipinski definition) is 5. The molecule has 0 unspecified atom stereocenters. The summed E-state index contributed by atoms with van der Waals surface area (Å²) in [7, 11) is 1.73. The zero-order valence-electron chi connectivity index (χ0n) is 12.0. The van der Waals surface area contributed by atoms with Gasteiger partial charge in [-0.05, 0) is 18.2 Å². The monoisotopic (exact) mass is 283 g/mol. The molecule has 6 heteroatoms. The van der Waals surface area contributed by atoms with E-state index in [1.54, 1.807) is 23.2 Å². The second-order valence-electron chi connectivity index (χ2n) is 4.44. The van der Waals surface area contributed by atoms with Gasteiger partial charge in [0, 0.05) is 44.4 Å². The first kappa shape index (κ1) is 14.5. The van der Waals surface area contributed by atoms with E-state index in [9.17, 15) is 4.79 Å². The maximum absolute atomic E-state index is 11.5. The second kappa shape index (κ2) is 6.04. The van der Waals surface area contributed by atoms with Crippen LogP contribution in [0.2, 0.25) is 0 Å². The van der Waals surface area contributed by atoms with Gasteiger partial charge in [0.2, 0.25) is 5.91 Å². The lowest BCUT2D eigenvalue weighted by Gasteiger charge is -2.25. The molecule has 108 valence electrons. The number of carbonyl (C=O) groups excluding carboxylic acids is 1. The van der Waals surface area contributed by atoms with Gasteiger partial charge in [-0.25, -0.2) is 10.0 Å². The topological polar surface area (TPSA) is 74.3 Å². The SMILES string of the molecule is C=NN1C(c2cccc(N(C)C(C)=O)c2)=CC=N/C1=C\N. The molecule has 0 saturated heterocycles. The van der Waals surface area contributed by atoms with Crippen molar-refractivity contribution in [3.05, 3.63) is 47.9 Å². The van der Waals surface area contributed by atoms with Crippen molar-refractivity contribution >= 4 is 30.2 Å². The first-order valence-corrected chi connectivity index (χ1v) is 6.36. The van der Waals surface area contributed by atoms with Crippen LogP contribution in [-0.2, 0) is 4.79 Å². The van der Waals surface area contributed by atoms with Gasteiger partial charge >= 0.3 is 0 Å². The van der Waals surface area contributed by atoms with Gasteiger partial charge in [-0.1, -0.05) is 12.1 Å². The summed E-state index contributed by atoms with van der Waals surface area (Å²) in [4.78, 5) is 17.2. The number of allylic oxidation sites excluding steroid dienone is 1. The smallest absolute Gasteiger partial charge is 0.223 e. The third kappa shape index (κ3) is 2.84. The minimum absolute atomic E-state index is 0.0346. The Kier molecular flexibility index (Phi) is 4.18. The maximum Gasteiger partial charge on any atom is 0.223 e. The molecule has 1 amide bonds. The van der Waals surface area contributed by atoms with E-state index in [0.717, 1.165) is 16.9 Å². The standard InChI is InChI=1S/C15H17N5O/c1-11(21)19(3)13-6-4-5-12(9-13)14-7-8-18-15(10-16)20(14)17-2/h4-10H,2,16H2,1,3H3/b15-10+. The summed E-state index contributed by atoms with van der Waals surface area (Å²) in [6, 6.07) is 7.57. The Morgan fingerprint density at radius 2 is 2.29 bits per heavy atom. The van der Waals surface area contributed by atoms with E-state index < -0.39 is 0 Å². The Labute approximate surface area is 123 Å². The molecular weight excluding hydrogens is 266 g/mol. The zero-order valence-corrected chi connectivity index (χ0v) is 12.0. The van der Waals surface area contributed by atoms with Crippen LogP contribution in [0.25, 0.3) is 5.70 Å². The van der Waals surface area contributed by atoms with E-state index in [1.165, 1.54) is 13.1 Å². The van der Waals surface area contributed by atoms with Crippen LogP contribution < -0.4 is 10.6 Å². The van der Waals surface area contributed by atoms with Gasteiger partial charge in [-0.3, -0.25) is 4.79 Å². The Bertz CT molecular complexity index is 660. The normalized spacial score (nSPS) is 15.8. The number of aliphatic imine (C=N–C) groups is 1. The van der Waals surface area contributed by atoms with Gasteiger partial charge in [0.1, 0.15) is 0 Å². The van der Waals surface area contributed by atoms with Gasteiger partial charge < -0.3 is 10.6 Å². The average Bonchev–Trinajstić information content (AvgIpc) is 2.53. The van der Waals surface area contributed by atoms with E-state index >= 15 is 0 Å². The molecule has 2 N–H and O–H groups in total. The van der Waals surface area contributed by atoms with E-state index in [4.69, 9.17) is 5.73 Å². The van der Waals surface area contributed by atoms with Gasteiger partial charge in [0.25, 0.3) is 0 Å². The molecule has 0 radical (unpaired) electrons. The molecule has 21 heavy (non-hydrogen) atoms. The first-order valence-electron chi connectivity index (χ1n) is 6.36. The van der Waals surface area contributed by atoms with Crippen LogP contribution in [0.4, 0.5) is 5.69 Å². The molecule has 1 aliphatic heterocycles. The highest BCUT2D eigenvalue weighted by molar-refractivity contribution is 5.92. The summed E-state index contributed by atoms with van der Waals surface area (Å²) in [5.41, 5.74) is 8.01. The summed E-state index contributed by atoms with van der Waals surface area (Å²) in [5, 5.41) is 5.49. The summed E-state index contributed by atoms with van der Waals surface area (Å²) >= 11 is 0. The Morgan fingerprint density at radius 3 is 2.90 bits per heavy atom. The number of amides is 1. The summed E-state index contributed by atoms with van der Waals surface area (Å²) in [6.45, 7) is 5.06. The number of benzene rings is 1. The minimum atomic E-state index is -0.0346. The molecule has 6 nitrogen and oxygen atoms in total. The van der Waals surface area contributed by atoms with Crippen LogP contribution in [-0.4, -0.2) is 30.9 Å². The van der Waals surface area contributed by atoms with Crippen LogP contribution in [0.1, 0.15) is 12.5 Å². The van der Waals surface area contributed by atoms with E-state index in [1.807, 2.05) is 30.3 Å². The quantitative estimate of drug-likeness (QED) is 0.859. The molecule has 0 atom stereocenters. The van der Waals surface area contributed by atoms with Crippen LogP contribution in [0.5, 0.6) is 0 Å². The third-order valence-corrected chi connectivity index (χ3v) is 3.18. The molecule has 0 fully saturated rings. The minimum Gasteiger partial charge on any atom is -0.402 e. The van der Waals surface area contributed by atoms with Gasteiger partial charge in [-0.2, -0.15) is 5.10 Å². The highest BCUT2D eigenvalue weighted by Gasteiger charge is 2.18. The number of rotatable bonds is 3. The van der Waals surface area contributed by atoms with Crippen LogP contribution in [0, 0.1) is 0 Å². The van der Waals surface area contributed by atoms with Crippen molar-refractivity contribution in [1.82, 2.24) is 5.01 Å². The molecule has 0 aliphatic carbocycles. The maximum atomic E-state index is 11.5. The number of anilines is 1.